The van der Waals surface area contributed by atoms with E-state index in [1.54, 1.807) is 47.4 Å². The topological polar surface area (TPSA) is 58.7 Å². The third-order valence-electron chi connectivity index (χ3n) is 2.20. The summed E-state index contributed by atoms with van der Waals surface area (Å²) >= 11 is 0. The Morgan fingerprint density at radius 3 is 2.69 bits per heavy atom. The molecule has 0 spiro atoms. The minimum Gasteiger partial charge on any atom is -0.292 e. The summed E-state index contributed by atoms with van der Waals surface area (Å²) in [5, 5.41) is 12.6. The molecule has 4 nitrogen and oxygen atoms in total. The van der Waals surface area contributed by atoms with Crippen LogP contribution in [0.3, 0.4) is 0 Å². The van der Waals surface area contributed by atoms with Gasteiger partial charge in [0.2, 0.25) is 0 Å². The first-order chi connectivity index (χ1) is 7.79. The molecule has 0 bridgehead atoms. The van der Waals surface area contributed by atoms with Gasteiger partial charge in [0, 0.05) is 18.0 Å². The Kier molecular flexibility index (Phi) is 2.79. The largest absolute Gasteiger partial charge is 0.292 e. The maximum Gasteiger partial charge on any atom is 0.184 e. The van der Waals surface area contributed by atoms with Crippen LogP contribution in [-0.2, 0) is 6.54 Å². The first kappa shape index (κ1) is 10.1. The number of Topliss-reactive ketones (excluding diaryl/α,β-unsaturated/α-hetero) is 1. The van der Waals surface area contributed by atoms with Crippen molar-refractivity contribution < 1.29 is 4.79 Å². The zero-order valence-electron chi connectivity index (χ0n) is 8.50. The number of hydrogen-bond donors (Lipinski definition) is 0. The number of carbonyl (C=O) groups is 1. The highest BCUT2D eigenvalue weighted by Crippen LogP contribution is 2.05. The van der Waals surface area contributed by atoms with Gasteiger partial charge in [-0.15, -0.1) is 0 Å². The molecule has 2 aromatic rings. The van der Waals surface area contributed by atoms with E-state index in [9.17, 15) is 4.79 Å². The van der Waals surface area contributed by atoms with Crippen molar-refractivity contribution in [2.45, 2.75) is 6.54 Å². The minimum atomic E-state index is -0.0202. The number of ketones is 1. The maximum atomic E-state index is 11.8. The predicted octanol–water partition coefficient (Wildman–Crippen LogP) is 1.64. The van der Waals surface area contributed by atoms with Gasteiger partial charge in [0.1, 0.15) is 6.54 Å². The van der Waals surface area contributed by atoms with Gasteiger partial charge in [-0.2, -0.15) is 10.4 Å². The van der Waals surface area contributed by atoms with Crippen LogP contribution in [-0.4, -0.2) is 15.6 Å². The fourth-order valence-corrected chi connectivity index (χ4v) is 1.36. The monoisotopic (exact) mass is 211 g/mol. The molecule has 0 aliphatic rings. The molecule has 0 saturated carbocycles. The molecule has 0 aliphatic carbocycles. The Labute approximate surface area is 92.7 Å². The van der Waals surface area contributed by atoms with E-state index in [2.05, 4.69) is 5.10 Å². The summed E-state index contributed by atoms with van der Waals surface area (Å²) in [4.78, 5) is 11.8. The summed E-state index contributed by atoms with van der Waals surface area (Å²) in [5.74, 6) is -0.0202. The number of carbonyl (C=O) groups excluding carboxylic acids is 1. The molecular formula is C12H9N3O. The number of aromatic nitrogens is 2. The zero-order valence-corrected chi connectivity index (χ0v) is 8.50. The van der Waals surface area contributed by atoms with Gasteiger partial charge in [-0.05, 0) is 18.2 Å². The Morgan fingerprint density at radius 1 is 1.38 bits per heavy atom. The lowest BCUT2D eigenvalue weighted by atomic mass is 10.1. The van der Waals surface area contributed by atoms with Crippen LogP contribution in [0.2, 0.25) is 0 Å². The molecule has 0 radical (unpaired) electrons. The first-order valence-corrected chi connectivity index (χ1v) is 4.80. The molecule has 0 unspecified atom stereocenters. The van der Waals surface area contributed by atoms with Crippen molar-refractivity contribution in [2.75, 3.05) is 0 Å². The smallest absolute Gasteiger partial charge is 0.184 e. The number of hydrogen-bond acceptors (Lipinski definition) is 3. The van der Waals surface area contributed by atoms with E-state index in [4.69, 9.17) is 5.26 Å². The summed E-state index contributed by atoms with van der Waals surface area (Å²) in [5.41, 5.74) is 1.14. The van der Waals surface area contributed by atoms with Gasteiger partial charge < -0.3 is 0 Å². The molecule has 1 aromatic heterocycles. The number of benzene rings is 1. The molecule has 2 rings (SSSR count). The Bertz CT molecular complexity index is 520. The van der Waals surface area contributed by atoms with E-state index in [0.717, 1.165) is 0 Å². The molecule has 0 aliphatic heterocycles. The molecule has 78 valence electrons. The van der Waals surface area contributed by atoms with Crippen LogP contribution in [0.1, 0.15) is 15.9 Å². The molecule has 0 amide bonds. The van der Waals surface area contributed by atoms with Gasteiger partial charge in [-0.1, -0.05) is 12.1 Å². The number of nitriles is 1. The molecule has 1 heterocycles. The van der Waals surface area contributed by atoms with Crippen LogP contribution in [0.4, 0.5) is 0 Å². The van der Waals surface area contributed by atoms with Crippen molar-refractivity contribution in [3.8, 4) is 6.07 Å². The molecular weight excluding hydrogens is 202 g/mol. The molecule has 1 aromatic carbocycles. The quantitative estimate of drug-likeness (QED) is 0.725. The van der Waals surface area contributed by atoms with E-state index < -0.39 is 0 Å². The molecule has 0 atom stereocenters. The summed E-state index contributed by atoms with van der Waals surface area (Å²) in [6, 6.07) is 10.4. The molecule has 0 fully saturated rings. The van der Waals surface area contributed by atoms with E-state index in [1.807, 2.05) is 6.07 Å². The third-order valence-corrected chi connectivity index (χ3v) is 2.20. The summed E-state index contributed by atoms with van der Waals surface area (Å²) in [6.07, 6.45) is 3.37. The average molecular weight is 211 g/mol. The van der Waals surface area contributed by atoms with Gasteiger partial charge in [0.05, 0.1) is 11.6 Å². The van der Waals surface area contributed by atoms with Crippen molar-refractivity contribution in [3.05, 3.63) is 53.9 Å². The molecule has 0 saturated heterocycles. The van der Waals surface area contributed by atoms with E-state index in [-0.39, 0.29) is 12.3 Å². The molecule has 16 heavy (non-hydrogen) atoms. The van der Waals surface area contributed by atoms with Crippen LogP contribution in [0, 0.1) is 11.3 Å². The highest BCUT2D eigenvalue weighted by atomic mass is 16.1. The van der Waals surface area contributed by atoms with Gasteiger partial charge >= 0.3 is 0 Å². The fraction of sp³-hybridized carbons (Fsp3) is 0.0833. The van der Waals surface area contributed by atoms with Crippen LogP contribution in [0.5, 0.6) is 0 Å². The normalized spacial score (nSPS) is 9.69. The Balaban J connectivity index is 2.12. The predicted molar refractivity (Wildman–Crippen MR) is 57.7 cm³/mol. The first-order valence-electron chi connectivity index (χ1n) is 4.80. The standard InChI is InChI=1S/C12H9N3O/c13-8-10-2-4-11(5-3-10)12(16)9-15-7-1-6-14-15/h1-7H,9H2. The molecule has 4 heteroatoms. The van der Waals surface area contributed by atoms with E-state index in [0.29, 0.717) is 11.1 Å². The lowest BCUT2D eigenvalue weighted by Gasteiger charge is -2.01. The van der Waals surface area contributed by atoms with Crippen LogP contribution in [0.25, 0.3) is 0 Å². The maximum absolute atomic E-state index is 11.8. The zero-order chi connectivity index (χ0) is 11.4. The van der Waals surface area contributed by atoms with Gasteiger partial charge in [0.25, 0.3) is 0 Å². The second-order valence-corrected chi connectivity index (χ2v) is 3.32. The van der Waals surface area contributed by atoms with Crippen LogP contribution in [0.15, 0.2) is 42.7 Å². The second-order valence-electron chi connectivity index (χ2n) is 3.32. The highest BCUT2D eigenvalue weighted by molar-refractivity contribution is 5.95. The summed E-state index contributed by atoms with van der Waals surface area (Å²) < 4.78 is 1.57. The van der Waals surface area contributed by atoms with Crippen molar-refractivity contribution >= 4 is 5.78 Å². The number of rotatable bonds is 3. The van der Waals surface area contributed by atoms with Crippen molar-refractivity contribution in [1.82, 2.24) is 9.78 Å². The fourth-order valence-electron chi connectivity index (χ4n) is 1.36. The van der Waals surface area contributed by atoms with Gasteiger partial charge in [0.15, 0.2) is 5.78 Å². The second kappa shape index (κ2) is 4.41. The van der Waals surface area contributed by atoms with Crippen molar-refractivity contribution in [2.24, 2.45) is 0 Å². The Hall–Kier alpha value is -2.41. The summed E-state index contributed by atoms with van der Waals surface area (Å²) in [6.45, 7) is 0.221. The summed E-state index contributed by atoms with van der Waals surface area (Å²) in [7, 11) is 0. The SMILES string of the molecule is N#Cc1ccc(C(=O)Cn2cccn2)cc1. The van der Waals surface area contributed by atoms with Gasteiger partial charge in [-0.25, -0.2) is 0 Å². The van der Waals surface area contributed by atoms with E-state index in [1.165, 1.54) is 0 Å². The number of nitrogens with zero attached hydrogens (tertiary/aromatic N) is 3. The lowest BCUT2D eigenvalue weighted by molar-refractivity contribution is 0.0967. The minimum absolute atomic E-state index is 0.0202. The average Bonchev–Trinajstić information content (AvgIpc) is 2.82. The lowest BCUT2D eigenvalue weighted by Crippen LogP contribution is -2.10. The van der Waals surface area contributed by atoms with E-state index >= 15 is 0 Å². The van der Waals surface area contributed by atoms with Gasteiger partial charge in [-0.3, -0.25) is 9.48 Å². The van der Waals surface area contributed by atoms with Crippen molar-refractivity contribution in [1.29, 1.82) is 5.26 Å². The third kappa shape index (κ3) is 2.15. The van der Waals surface area contributed by atoms with Crippen LogP contribution < -0.4 is 0 Å². The van der Waals surface area contributed by atoms with Crippen molar-refractivity contribution in [3.63, 3.8) is 0 Å². The van der Waals surface area contributed by atoms with Crippen LogP contribution >= 0.6 is 0 Å². The molecule has 0 N–H and O–H groups in total. The highest BCUT2D eigenvalue weighted by Gasteiger charge is 2.06. The Morgan fingerprint density at radius 2 is 2.12 bits per heavy atom.